The lowest BCUT2D eigenvalue weighted by Gasteiger charge is -2.20. The van der Waals surface area contributed by atoms with Gasteiger partial charge in [-0.3, -0.25) is 9.69 Å². The summed E-state index contributed by atoms with van der Waals surface area (Å²) in [6.07, 6.45) is -3.78. The molecule has 194 valence electrons. The molecule has 0 bridgehead atoms. The molecule has 3 aromatic heterocycles. The molecule has 4 heterocycles. The van der Waals surface area contributed by atoms with E-state index in [4.69, 9.17) is 0 Å². The molecule has 9 nitrogen and oxygen atoms in total. The number of fused-ring (bicyclic) bond motifs is 1. The van der Waals surface area contributed by atoms with E-state index in [1.165, 1.54) is 10.9 Å². The second-order valence-corrected chi connectivity index (χ2v) is 8.59. The first-order chi connectivity index (χ1) is 16.6. The molecule has 4 rings (SSSR count). The number of anilines is 2. The van der Waals surface area contributed by atoms with Gasteiger partial charge in [0.1, 0.15) is 23.7 Å². The normalized spacial score (nSPS) is 14.0. The number of nitrogens with one attached hydrogen (secondary N) is 1. The van der Waals surface area contributed by atoms with Crippen LogP contribution in [-0.2, 0) is 13.1 Å². The maximum absolute atomic E-state index is 13.4. The maximum atomic E-state index is 13.4. The van der Waals surface area contributed by atoms with Crippen LogP contribution >= 0.6 is 0 Å². The Morgan fingerprint density at radius 2 is 1.97 bits per heavy atom. The Hall–Kier alpha value is -3.54. The number of carbonyl (C=O) groups is 1. The highest BCUT2D eigenvalue weighted by atomic mass is 19.4. The third kappa shape index (κ3) is 5.32. The second kappa shape index (κ2) is 10.6. The molecule has 0 saturated heterocycles. The average Bonchev–Trinajstić information content (AvgIpc) is 3.42. The van der Waals surface area contributed by atoms with Crippen LogP contribution in [0.1, 0.15) is 54.8 Å². The van der Waals surface area contributed by atoms with E-state index in [1.54, 1.807) is 36.1 Å². The third-order valence-corrected chi connectivity index (χ3v) is 5.94. The van der Waals surface area contributed by atoms with Gasteiger partial charge in [-0.1, -0.05) is 20.4 Å². The first-order valence-electron chi connectivity index (χ1n) is 11.2. The minimum atomic E-state index is -4.32. The summed E-state index contributed by atoms with van der Waals surface area (Å²) >= 11 is 0. The fraction of sp³-hybridized carbons (Fsp3) is 0.458. The minimum Gasteiger partial charge on any atom is -0.363 e. The van der Waals surface area contributed by atoms with Gasteiger partial charge in [-0.2, -0.15) is 13.2 Å². The molecule has 0 spiro atoms. The molecule has 12 heteroatoms. The first kappa shape index (κ1) is 27.1. The molecule has 0 fully saturated rings. The van der Waals surface area contributed by atoms with Crippen molar-refractivity contribution in [3.8, 4) is 11.5 Å². The number of hydrogen-bond acceptors (Lipinski definition) is 7. The zero-order chi connectivity index (χ0) is 25.3. The highest BCUT2D eigenvalue weighted by Gasteiger charge is 2.34. The van der Waals surface area contributed by atoms with Crippen LogP contribution in [0.5, 0.6) is 0 Å². The molecule has 0 unspecified atom stereocenters. The van der Waals surface area contributed by atoms with Crippen molar-refractivity contribution in [3.63, 3.8) is 0 Å². The van der Waals surface area contributed by atoms with Gasteiger partial charge in [0.15, 0.2) is 5.82 Å². The molecular formula is C24H31F3N8O. The Kier molecular flexibility index (Phi) is 7.97. The monoisotopic (exact) mass is 504 g/mol. The summed E-state index contributed by atoms with van der Waals surface area (Å²) in [5.41, 5.74) is 2.49. The van der Waals surface area contributed by atoms with Crippen LogP contribution < -0.4 is 15.1 Å². The van der Waals surface area contributed by atoms with Gasteiger partial charge in [0.25, 0.3) is 5.91 Å². The summed E-state index contributed by atoms with van der Waals surface area (Å²) in [6.45, 7) is 2.48. The number of pyridine rings is 2. The van der Waals surface area contributed by atoms with Crippen molar-refractivity contribution in [2.45, 2.75) is 52.5 Å². The van der Waals surface area contributed by atoms with E-state index in [0.29, 0.717) is 36.0 Å². The lowest BCUT2D eigenvalue weighted by molar-refractivity contribution is -0.143. The van der Waals surface area contributed by atoms with Gasteiger partial charge in [0.05, 0.1) is 24.2 Å². The number of hydrogen-bond donors (Lipinski definition) is 1. The summed E-state index contributed by atoms with van der Waals surface area (Å²) in [5, 5.41) is 11.0. The van der Waals surface area contributed by atoms with Gasteiger partial charge in [-0.15, -0.1) is 10.2 Å². The number of rotatable bonds is 8. The van der Waals surface area contributed by atoms with Gasteiger partial charge in [-0.05, 0) is 31.7 Å². The molecule has 1 N–H and O–H groups in total. The van der Waals surface area contributed by atoms with Gasteiger partial charge >= 0.3 is 6.18 Å². The predicted octanol–water partition coefficient (Wildman–Crippen LogP) is 4.22. The van der Waals surface area contributed by atoms with E-state index in [1.807, 2.05) is 26.0 Å². The fourth-order valence-electron chi connectivity index (χ4n) is 4.18. The van der Waals surface area contributed by atoms with Crippen molar-refractivity contribution in [2.24, 2.45) is 0 Å². The summed E-state index contributed by atoms with van der Waals surface area (Å²) in [5.74, 6) is 1.07. The molecule has 0 aliphatic carbocycles. The predicted molar refractivity (Wildman–Crippen MR) is 132 cm³/mol. The van der Waals surface area contributed by atoms with Gasteiger partial charge in [0, 0.05) is 32.2 Å². The topological polar surface area (TPSA) is 92.1 Å². The highest BCUT2D eigenvalue weighted by molar-refractivity contribution is 6.10. The number of nitrogens with zero attached hydrogens (tertiary/aromatic N) is 7. The molecule has 0 radical (unpaired) electrons. The molecule has 0 aromatic carbocycles. The highest BCUT2D eigenvalue weighted by Crippen LogP contribution is 2.34. The summed E-state index contributed by atoms with van der Waals surface area (Å²) in [7, 11) is 5.53. The van der Waals surface area contributed by atoms with E-state index < -0.39 is 18.6 Å². The summed E-state index contributed by atoms with van der Waals surface area (Å²) in [6, 6.07) is 5.95. The summed E-state index contributed by atoms with van der Waals surface area (Å²) < 4.78 is 40.7. The molecule has 36 heavy (non-hydrogen) atoms. The first-order valence-corrected chi connectivity index (χ1v) is 11.2. The third-order valence-electron chi connectivity index (χ3n) is 5.94. The van der Waals surface area contributed by atoms with Crippen LogP contribution in [-0.4, -0.2) is 58.0 Å². The van der Waals surface area contributed by atoms with Gasteiger partial charge in [-0.25, -0.2) is 9.97 Å². The van der Waals surface area contributed by atoms with E-state index in [9.17, 15) is 18.0 Å². The minimum absolute atomic E-state index is 0. The number of aromatic nitrogens is 5. The van der Waals surface area contributed by atoms with Crippen molar-refractivity contribution >= 4 is 17.5 Å². The van der Waals surface area contributed by atoms with Crippen LogP contribution in [0.4, 0.5) is 24.8 Å². The van der Waals surface area contributed by atoms with Crippen LogP contribution in [0, 0.1) is 0 Å². The number of carbonyl (C=O) groups excluding carboxylic acids is 1. The number of halogens is 3. The van der Waals surface area contributed by atoms with E-state index in [2.05, 4.69) is 25.5 Å². The van der Waals surface area contributed by atoms with Crippen molar-refractivity contribution in [1.29, 1.82) is 0 Å². The molecule has 1 amide bonds. The molecule has 3 aromatic rings. The molecule has 1 atom stereocenters. The lowest BCUT2D eigenvalue weighted by Crippen LogP contribution is -2.24. The van der Waals surface area contributed by atoms with Crippen LogP contribution in [0.15, 0.2) is 30.6 Å². The van der Waals surface area contributed by atoms with Gasteiger partial charge < -0.3 is 14.8 Å². The second-order valence-electron chi connectivity index (χ2n) is 8.59. The number of alkyl halides is 3. The maximum Gasteiger partial charge on any atom is 0.391 e. The van der Waals surface area contributed by atoms with Crippen LogP contribution in [0.25, 0.3) is 11.5 Å². The fourth-order valence-corrected chi connectivity index (χ4v) is 4.18. The van der Waals surface area contributed by atoms with E-state index >= 15 is 0 Å². The average molecular weight is 505 g/mol. The quantitative estimate of drug-likeness (QED) is 0.491. The summed E-state index contributed by atoms with van der Waals surface area (Å²) in [4.78, 5) is 26.0. The smallest absolute Gasteiger partial charge is 0.363 e. The Balaban J connectivity index is 0.00000361. The Morgan fingerprint density at radius 3 is 2.61 bits per heavy atom. The van der Waals surface area contributed by atoms with Crippen LogP contribution in [0.2, 0.25) is 0 Å². The number of amides is 1. The molecule has 1 aliphatic rings. The van der Waals surface area contributed by atoms with Gasteiger partial charge in [0.2, 0.25) is 0 Å². The van der Waals surface area contributed by atoms with Crippen molar-refractivity contribution in [1.82, 2.24) is 30.0 Å². The Morgan fingerprint density at radius 1 is 1.22 bits per heavy atom. The molecule has 0 saturated carbocycles. The van der Waals surface area contributed by atoms with E-state index in [0.717, 1.165) is 11.3 Å². The molecular weight excluding hydrogens is 473 g/mol. The van der Waals surface area contributed by atoms with Crippen molar-refractivity contribution in [2.75, 3.05) is 30.9 Å². The lowest BCUT2D eigenvalue weighted by atomic mass is 10.1. The zero-order valence-corrected chi connectivity index (χ0v) is 20.0. The zero-order valence-electron chi connectivity index (χ0n) is 20.0. The Bertz CT molecular complexity index is 1220. The van der Waals surface area contributed by atoms with Crippen LogP contribution in [0.3, 0.4) is 0 Å². The largest absolute Gasteiger partial charge is 0.391 e. The Labute approximate surface area is 208 Å². The SMILES string of the molecule is C.CC[C@@H](CC(F)(F)F)n1cnnc1-c1cccc(N2Cc3c(cc(N(C)C)nc3CNC)C2=O)n1. The van der Waals surface area contributed by atoms with E-state index in [-0.39, 0.29) is 25.6 Å². The standard InChI is InChI=1S/C23H27F3N8O.CH4/c1-5-14(10-23(24,25)26)34-13-28-31-21(34)17-7-6-8-19(29-17)33-12-16-15(22(33)35)9-20(32(3)4)30-18(16)11-27-2;/h6-9,13-14,27H,5,10-12H2,1-4H3;1H4/t14-;/m0./s1. The van der Waals surface area contributed by atoms with Crippen molar-refractivity contribution < 1.29 is 18.0 Å². The molecule has 1 aliphatic heterocycles. The van der Waals surface area contributed by atoms with Crippen molar-refractivity contribution in [3.05, 3.63) is 47.4 Å².